The predicted octanol–water partition coefficient (Wildman–Crippen LogP) is 3.22. The normalized spacial score (nSPS) is 24.8. The van der Waals surface area contributed by atoms with Crippen LogP contribution in [-0.4, -0.2) is 46.9 Å². The van der Waals surface area contributed by atoms with Crippen LogP contribution in [0.2, 0.25) is 0 Å². The Morgan fingerprint density at radius 2 is 2.17 bits per heavy atom. The quantitative estimate of drug-likeness (QED) is 0.888. The zero-order valence-corrected chi connectivity index (χ0v) is 14.9. The first-order valence-electron chi connectivity index (χ1n) is 9.34. The van der Waals surface area contributed by atoms with Gasteiger partial charge in [-0.15, -0.1) is 0 Å². The summed E-state index contributed by atoms with van der Waals surface area (Å²) in [6.45, 7) is 6.45. The Morgan fingerprint density at radius 1 is 1.29 bits per heavy atom. The van der Waals surface area contributed by atoms with Crippen molar-refractivity contribution in [2.24, 2.45) is 0 Å². The van der Waals surface area contributed by atoms with Gasteiger partial charge in [-0.25, -0.2) is 4.79 Å². The fourth-order valence-electron chi connectivity index (χ4n) is 4.02. The van der Waals surface area contributed by atoms with Gasteiger partial charge in [0.1, 0.15) is 0 Å². The van der Waals surface area contributed by atoms with Crippen molar-refractivity contribution >= 4 is 6.03 Å². The monoisotopic (exact) mass is 334 g/mol. The van der Waals surface area contributed by atoms with Crippen molar-refractivity contribution < 1.29 is 9.53 Å². The lowest BCUT2D eigenvalue weighted by Gasteiger charge is -2.31. The molecule has 6 nitrogen and oxygen atoms in total. The van der Waals surface area contributed by atoms with E-state index >= 15 is 0 Å². The summed E-state index contributed by atoms with van der Waals surface area (Å²) in [6, 6.07) is 0.189. The highest BCUT2D eigenvalue weighted by molar-refractivity contribution is 5.75. The number of likely N-dealkylation sites (tertiary alicyclic amines) is 1. The maximum absolute atomic E-state index is 12.8. The van der Waals surface area contributed by atoms with E-state index in [1.54, 1.807) is 0 Å². The number of carbonyl (C=O) groups excluding carboxylic acids is 1. The zero-order valence-electron chi connectivity index (χ0n) is 14.9. The van der Waals surface area contributed by atoms with E-state index in [4.69, 9.17) is 4.74 Å². The summed E-state index contributed by atoms with van der Waals surface area (Å²) in [5, 5.41) is 10.5. The second-order valence-corrected chi connectivity index (χ2v) is 7.06. The molecule has 134 valence electrons. The van der Waals surface area contributed by atoms with E-state index in [9.17, 15) is 4.79 Å². The summed E-state index contributed by atoms with van der Waals surface area (Å²) < 4.78 is 5.63. The lowest BCUT2D eigenvalue weighted by molar-refractivity contribution is 0.103. The molecular weight excluding hydrogens is 304 g/mol. The van der Waals surface area contributed by atoms with Gasteiger partial charge < -0.3 is 15.0 Å². The molecule has 0 radical (unpaired) electrons. The van der Waals surface area contributed by atoms with Gasteiger partial charge in [-0.3, -0.25) is 5.10 Å². The first-order chi connectivity index (χ1) is 11.7. The maximum atomic E-state index is 12.8. The third kappa shape index (κ3) is 3.91. The fraction of sp³-hybridized carbons (Fsp3) is 0.778. The molecule has 2 aliphatic heterocycles. The summed E-state index contributed by atoms with van der Waals surface area (Å²) >= 11 is 0. The Hall–Kier alpha value is -1.56. The number of urea groups is 1. The number of aromatic nitrogens is 2. The third-order valence-corrected chi connectivity index (χ3v) is 5.30. The van der Waals surface area contributed by atoms with E-state index in [-0.39, 0.29) is 12.1 Å². The van der Waals surface area contributed by atoms with Crippen molar-refractivity contribution in [3.8, 4) is 0 Å². The van der Waals surface area contributed by atoms with Crippen molar-refractivity contribution in [2.45, 2.75) is 70.9 Å². The molecule has 2 aliphatic rings. The lowest BCUT2D eigenvalue weighted by atomic mass is 9.99. The van der Waals surface area contributed by atoms with Gasteiger partial charge in [0.15, 0.2) is 0 Å². The van der Waals surface area contributed by atoms with Gasteiger partial charge in [-0.05, 0) is 46.0 Å². The number of hydrogen-bond acceptors (Lipinski definition) is 3. The molecule has 2 saturated heterocycles. The molecule has 3 heterocycles. The van der Waals surface area contributed by atoms with Gasteiger partial charge in [0.2, 0.25) is 0 Å². The van der Waals surface area contributed by atoms with Crippen LogP contribution in [0.15, 0.2) is 0 Å². The van der Waals surface area contributed by atoms with Crippen LogP contribution < -0.4 is 5.32 Å². The highest BCUT2D eigenvalue weighted by Gasteiger charge is 2.30. The summed E-state index contributed by atoms with van der Waals surface area (Å²) in [6.07, 6.45) is 7.94. The minimum absolute atomic E-state index is 0.0555. The van der Waals surface area contributed by atoms with Gasteiger partial charge in [0, 0.05) is 31.0 Å². The van der Waals surface area contributed by atoms with Gasteiger partial charge in [-0.2, -0.15) is 5.10 Å². The van der Waals surface area contributed by atoms with Gasteiger partial charge >= 0.3 is 6.03 Å². The molecule has 6 heteroatoms. The molecule has 2 unspecified atom stereocenters. The van der Waals surface area contributed by atoms with Gasteiger partial charge in [0.05, 0.1) is 17.8 Å². The number of aromatic amines is 1. The molecule has 0 aromatic carbocycles. The number of amides is 2. The van der Waals surface area contributed by atoms with Crippen LogP contribution in [-0.2, 0) is 4.74 Å². The highest BCUT2D eigenvalue weighted by Crippen LogP contribution is 2.33. The van der Waals surface area contributed by atoms with Crippen molar-refractivity contribution in [1.82, 2.24) is 20.4 Å². The van der Waals surface area contributed by atoms with Crippen molar-refractivity contribution in [3.05, 3.63) is 17.0 Å². The van der Waals surface area contributed by atoms with Crippen molar-refractivity contribution in [3.63, 3.8) is 0 Å². The first-order valence-corrected chi connectivity index (χ1v) is 9.34. The van der Waals surface area contributed by atoms with Gasteiger partial charge in [0.25, 0.3) is 0 Å². The zero-order chi connectivity index (χ0) is 16.9. The van der Waals surface area contributed by atoms with Crippen molar-refractivity contribution in [2.75, 3.05) is 19.7 Å². The summed E-state index contributed by atoms with van der Waals surface area (Å²) in [4.78, 5) is 14.8. The number of rotatable bonds is 4. The van der Waals surface area contributed by atoms with Crippen LogP contribution >= 0.6 is 0 Å². The van der Waals surface area contributed by atoms with Crippen molar-refractivity contribution in [1.29, 1.82) is 0 Å². The Balaban J connectivity index is 1.64. The van der Waals surface area contributed by atoms with E-state index in [0.717, 1.165) is 63.1 Å². The average molecular weight is 334 g/mol. The first kappa shape index (κ1) is 17.3. The number of carbonyl (C=O) groups is 1. The van der Waals surface area contributed by atoms with E-state index in [1.165, 1.54) is 12.0 Å². The molecule has 1 aromatic rings. The topological polar surface area (TPSA) is 70.2 Å². The van der Waals surface area contributed by atoms with Crippen LogP contribution in [0.25, 0.3) is 0 Å². The molecule has 0 bridgehead atoms. The van der Waals surface area contributed by atoms with Crippen LogP contribution in [0, 0.1) is 13.8 Å². The summed E-state index contributed by atoms with van der Waals surface area (Å²) in [5.74, 6) is 0. The molecule has 2 N–H and O–H groups in total. The van der Waals surface area contributed by atoms with Crippen LogP contribution in [0.3, 0.4) is 0 Å². The highest BCUT2D eigenvalue weighted by atomic mass is 16.5. The SMILES string of the molecule is Cc1n[nH]c(C)c1C1CCCCCN1C(=O)NCCC1CCCO1. The number of ether oxygens (including phenoxy) is 1. The molecule has 24 heavy (non-hydrogen) atoms. The number of nitrogens with zero attached hydrogens (tertiary/aromatic N) is 2. The molecule has 2 atom stereocenters. The number of hydrogen-bond donors (Lipinski definition) is 2. The molecule has 3 rings (SSSR count). The second-order valence-electron chi connectivity index (χ2n) is 7.06. The summed E-state index contributed by atoms with van der Waals surface area (Å²) in [5.41, 5.74) is 3.29. The molecule has 0 saturated carbocycles. The number of aryl methyl sites for hydroxylation is 2. The fourth-order valence-corrected chi connectivity index (χ4v) is 4.02. The largest absolute Gasteiger partial charge is 0.378 e. The second kappa shape index (κ2) is 8.01. The molecule has 0 spiro atoms. The Morgan fingerprint density at radius 3 is 2.88 bits per heavy atom. The lowest BCUT2D eigenvalue weighted by Crippen LogP contribution is -2.43. The van der Waals surface area contributed by atoms with Crippen LogP contribution in [0.4, 0.5) is 4.79 Å². The number of H-pyrrole nitrogens is 1. The Kier molecular flexibility index (Phi) is 5.76. The molecule has 2 fully saturated rings. The van der Waals surface area contributed by atoms with E-state index in [1.807, 2.05) is 18.7 Å². The Bertz CT molecular complexity index is 532. The smallest absolute Gasteiger partial charge is 0.317 e. The standard InChI is InChI=1S/C18H30N4O2/c1-13-17(14(2)21-20-13)16-8-4-3-5-11-22(16)18(23)19-10-9-15-7-6-12-24-15/h15-16H,3-12H2,1-2H3,(H,19,23)(H,20,21). The van der Waals surface area contributed by atoms with E-state index < -0.39 is 0 Å². The molecule has 1 aromatic heterocycles. The number of nitrogens with one attached hydrogen (secondary N) is 2. The maximum Gasteiger partial charge on any atom is 0.317 e. The predicted molar refractivity (Wildman–Crippen MR) is 93.0 cm³/mol. The van der Waals surface area contributed by atoms with Crippen LogP contribution in [0.5, 0.6) is 0 Å². The molecular formula is C18H30N4O2. The van der Waals surface area contributed by atoms with E-state index in [2.05, 4.69) is 15.5 Å². The third-order valence-electron chi connectivity index (χ3n) is 5.30. The minimum Gasteiger partial charge on any atom is -0.378 e. The van der Waals surface area contributed by atoms with Crippen LogP contribution in [0.1, 0.15) is 67.9 Å². The molecule has 2 amide bonds. The van der Waals surface area contributed by atoms with E-state index in [0.29, 0.717) is 12.6 Å². The van der Waals surface area contributed by atoms with Gasteiger partial charge in [-0.1, -0.05) is 12.8 Å². The minimum atomic E-state index is 0.0555. The Labute approximate surface area is 144 Å². The summed E-state index contributed by atoms with van der Waals surface area (Å²) in [7, 11) is 0. The molecule has 0 aliphatic carbocycles. The average Bonchev–Trinajstić information content (AvgIpc) is 3.11.